The molecule has 1 aliphatic heterocycles. The Morgan fingerprint density at radius 2 is 1.71 bits per heavy atom. The quantitative estimate of drug-likeness (QED) is 0.871. The van der Waals surface area contributed by atoms with E-state index in [1.165, 1.54) is 16.2 Å². The van der Waals surface area contributed by atoms with Crippen LogP contribution in [0.4, 0.5) is 5.69 Å². The molecule has 0 aliphatic carbocycles. The summed E-state index contributed by atoms with van der Waals surface area (Å²) < 4.78 is 25.9. The van der Waals surface area contributed by atoms with Crippen molar-refractivity contribution in [3.05, 3.63) is 65.7 Å². The second-order valence-corrected chi connectivity index (χ2v) is 7.12. The van der Waals surface area contributed by atoms with E-state index in [1.54, 1.807) is 0 Å². The summed E-state index contributed by atoms with van der Waals surface area (Å²) in [5.41, 5.74) is 3.16. The zero-order valence-corrected chi connectivity index (χ0v) is 12.8. The molecular formula is C16H18N2O2S. The Bertz CT molecular complexity index is 729. The first kappa shape index (κ1) is 14.1. The monoisotopic (exact) mass is 302 g/mol. The number of para-hydroxylation sites is 1. The van der Waals surface area contributed by atoms with Gasteiger partial charge in [-0.25, -0.2) is 8.42 Å². The van der Waals surface area contributed by atoms with Gasteiger partial charge in [0, 0.05) is 6.54 Å². The summed E-state index contributed by atoms with van der Waals surface area (Å²) >= 11 is 0. The maximum atomic E-state index is 12.2. The Morgan fingerprint density at radius 3 is 2.43 bits per heavy atom. The van der Waals surface area contributed by atoms with Crippen LogP contribution in [0.15, 0.2) is 54.6 Å². The van der Waals surface area contributed by atoms with Crippen molar-refractivity contribution >= 4 is 15.7 Å². The van der Waals surface area contributed by atoms with Gasteiger partial charge in [0.1, 0.15) is 0 Å². The van der Waals surface area contributed by atoms with Crippen molar-refractivity contribution in [1.29, 1.82) is 0 Å². The normalized spacial score (nSPS) is 14.5. The van der Waals surface area contributed by atoms with E-state index in [0.29, 0.717) is 13.1 Å². The van der Waals surface area contributed by atoms with Gasteiger partial charge in [0.2, 0.25) is 10.0 Å². The summed E-state index contributed by atoms with van der Waals surface area (Å²) in [7, 11) is -3.33. The van der Waals surface area contributed by atoms with E-state index >= 15 is 0 Å². The first-order valence-corrected chi connectivity index (χ1v) is 8.77. The SMILES string of the molecule is CS(=O)(=O)N(Cc1ccccc1)N1CCc2ccccc21. The molecule has 0 N–H and O–H groups in total. The molecule has 0 atom stereocenters. The molecule has 1 aliphatic rings. The van der Waals surface area contributed by atoms with Gasteiger partial charge in [0.25, 0.3) is 0 Å². The molecule has 4 nitrogen and oxygen atoms in total. The van der Waals surface area contributed by atoms with Crippen LogP contribution in [-0.4, -0.2) is 25.6 Å². The van der Waals surface area contributed by atoms with Gasteiger partial charge in [-0.05, 0) is 23.6 Å². The number of benzene rings is 2. The summed E-state index contributed by atoms with van der Waals surface area (Å²) in [5, 5.41) is 1.87. The molecule has 5 heteroatoms. The third-order valence-electron chi connectivity index (χ3n) is 3.68. The molecule has 0 unspecified atom stereocenters. The molecule has 2 aromatic rings. The van der Waals surface area contributed by atoms with Crippen LogP contribution in [0.3, 0.4) is 0 Å². The van der Waals surface area contributed by atoms with Gasteiger partial charge >= 0.3 is 0 Å². The van der Waals surface area contributed by atoms with Crippen molar-refractivity contribution in [3.63, 3.8) is 0 Å². The predicted molar refractivity (Wildman–Crippen MR) is 84.3 cm³/mol. The van der Waals surface area contributed by atoms with Crippen molar-refractivity contribution < 1.29 is 8.42 Å². The van der Waals surface area contributed by atoms with Crippen LogP contribution in [-0.2, 0) is 23.0 Å². The fourth-order valence-corrected chi connectivity index (χ4v) is 3.59. The molecular weight excluding hydrogens is 284 g/mol. The number of rotatable bonds is 4. The lowest BCUT2D eigenvalue weighted by Crippen LogP contribution is -2.44. The number of sulfonamides is 1. The Labute approximate surface area is 125 Å². The highest BCUT2D eigenvalue weighted by molar-refractivity contribution is 7.88. The molecule has 21 heavy (non-hydrogen) atoms. The average Bonchev–Trinajstić information content (AvgIpc) is 2.88. The van der Waals surface area contributed by atoms with Crippen LogP contribution in [0.1, 0.15) is 11.1 Å². The van der Waals surface area contributed by atoms with Crippen molar-refractivity contribution in [3.8, 4) is 0 Å². The highest BCUT2D eigenvalue weighted by atomic mass is 32.2. The maximum Gasteiger partial charge on any atom is 0.228 e. The number of anilines is 1. The zero-order valence-electron chi connectivity index (χ0n) is 11.9. The van der Waals surface area contributed by atoms with Gasteiger partial charge in [-0.1, -0.05) is 48.5 Å². The van der Waals surface area contributed by atoms with Crippen LogP contribution in [0, 0.1) is 0 Å². The molecule has 0 saturated heterocycles. The fraction of sp³-hybridized carbons (Fsp3) is 0.250. The lowest BCUT2D eigenvalue weighted by atomic mass is 10.2. The minimum atomic E-state index is -3.33. The molecule has 0 radical (unpaired) electrons. The lowest BCUT2D eigenvalue weighted by Gasteiger charge is -2.31. The standard InChI is InChI=1S/C16H18N2O2S/c1-21(19,20)18(13-14-7-3-2-4-8-14)17-12-11-15-9-5-6-10-16(15)17/h2-10H,11-13H2,1H3. The Kier molecular flexibility index (Phi) is 3.69. The number of hydrogen-bond acceptors (Lipinski definition) is 3. The first-order chi connectivity index (χ1) is 10.1. The molecule has 1 heterocycles. The molecule has 0 bridgehead atoms. The van der Waals surface area contributed by atoms with Crippen LogP contribution in [0.5, 0.6) is 0 Å². The Morgan fingerprint density at radius 1 is 1.05 bits per heavy atom. The smallest absolute Gasteiger partial charge is 0.228 e. The third kappa shape index (κ3) is 2.94. The van der Waals surface area contributed by atoms with Crippen LogP contribution < -0.4 is 5.01 Å². The predicted octanol–water partition coefficient (Wildman–Crippen LogP) is 2.43. The van der Waals surface area contributed by atoms with Crippen molar-refractivity contribution in [2.75, 3.05) is 17.8 Å². The number of hydrogen-bond donors (Lipinski definition) is 0. The van der Waals surface area contributed by atoms with Gasteiger partial charge in [-0.2, -0.15) is 0 Å². The van der Waals surface area contributed by atoms with E-state index < -0.39 is 10.0 Å². The van der Waals surface area contributed by atoms with E-state index in [-0.39, 0.29) is 0 Å². The van der Waals surface area contributed by atoms with Gasteiger partial charge in [-0.15, -0.1) is 4.41 Å². The first-order valence-electron chi connectivity index (χ1n) is 6.93. The molecule has 0 saturated carbocycles. The van der Waals surface area contributed by atoms with Crippen LogP contribution in [0.2, 0.25) is 0 Å². The second kappa shape index (κ2) is 5.50. The number of hydrazine groups is 1. The van der Waals surface area contributed by atoms with E-state index in [9.17, 15) is 8.42 Å². The maximum absolute atomic E-state index is 12.2. The van der Waals surface area contributed by atoms with Gasteiger partial charge in [0.05, 0.1) is 18.5 Å². The number of fused-ring (bicyclic) bond motifs is 1. The summed E-state index contributed by atoms with van der Waals surface area (Å²) in [6.45, 7) is 1.05. The summed E-state index contributed by atoms with van der Waals surface area (Å²) in [4.78, 5) is 0. The van der Waals surface area contributed by atoms with E-state index in [2.05, 4.69) is 6.07 Å². The van der Waals surface area contributed by atoms with Crippen molar-refractivity contribution in [2.45, 2.75) is 13.0 Å². The molecule has 3 rings (SSSR count). The highest BCUT2D eigenvalue weighted by Crippen LogP contribution is 2.30. The number of nitrogens with zero attached hydrogens (tertiary/aromatic N) is 2. The van der Waals surface area contributed by atoms with Gasteiger partial charge < -0.3 is 0 Å². The molecule has 0 fully saturated rings. The van der Waals surface area contributed by atoms with E-state index in [4.69, 9.17) is 0 Å². The van der Waals surface area contributed by atoms with Gasteiger partial charge in [-0.3, -0.25) is 5.01 Å². The minimum Gasteiger partial charge on any atom is -0.292 e. The molecule has 0 aromatic heterocycles. The average molecular weight is 302 g/mol. The fourth-order valence-electron chi connectivity index (χ4n) is 2.67. The Hall–Kier alpha value is -1.85. The highest BCUT2D eigenvalue weighted by Gasteiger charge is 2.30. The van der Waals surface area contributed by atoms with Crippen molar-refractivity contribution in [1.82, 2.24) is 4.41 Å². The third-order valence-corrected chi connectivity index (χ3v) is 4.77. The largest absolute Gasteiger partial charge is 0.292 e. The second-order valence-electron chi connectivity index (χ2n) is 5.23. The summed E-state index contributed by atoms with van der Waals surface area (Å²) in [6, 6.07) is 17.6. The molecule has 2 aromatic carbocycles. The topological polar surface area (TPSA) is 40.6 Å². The van der Waals surface area contributed by atoms with Crippen LogP contribution in [0.25, 0.3) is 0 Å². The Balaban J connectivity index is 1.95. The van der Waals surface area contributed by atoms with Crippen molar-refractivity contribution in [2.24, 2.45) is 0 Å². The summed E-state index contributed by atoms with van der Waals surface area (Å²) in [6.07, 6.45) is 2.13. The summed E-state index contributed by atoms with van der Waals surface area (Å²) in [5.74, 6) is 0. The molecule has 110 valence electrons. The van der Waals surface area contributed by atoms with Gasteiger partial charge in [0.15, 0.2) is 0 Å². The minimum absolute atomic E-state index is 0.355. The lowest BCUT2D eigenvalue weighted by molar-refractivity contribution is 0.388. The van der Waals surface area contributed by atoms with E-state index in [1.807, 2.05) is 53.5 Å². The molecule has 0 spiro atoms. The zero-order chi connectivity index (χ0) is 14.9. The molecule has 0 amide bonds. The van der Waals surface area contributed by atoms with E-state index in [0.717, 1.165) is 17.7 Å². The van der Waals surface area contributed by atoms with Crippen LogP contribution >= 0.6 is 0 Å².